The van der Waals surface area contributed by atoms with Gasteiger partial charge < -0.3 is 4.74 Å². The van der Waals surface area contributed by atoms with Crippen molar-refractivity contribution >= 4 is 29.0 Å². The van der Waals surface area contributed by atoms with Crippen molar-refractivity contribution in [1.82, 2.24) is 9.55 Å². The Kier molecular flexibility index (Phi) is 4.83. The first-order valence-electron chi connectivity index (χ1n) is 6.95. The molecule has 0 N–H and O–H groups in total. The molecule has 0 radical (unpaired) electrons. The van der Waals surface area contributed by atoms with E-state index < -0.39 is 5.95 Å². The Morgan fingerprint density at radius 2 is 1.83 bits per heavy atom. The van der Waals surface area contributed by atoms with Crippen LogP contribution >= 0.6 is 23.2 Å². The predicted molar refractivity (Wildman–Crippen MR) is 89.5 cm³/mol. The molecule has 0 fully saturated rings. The van der Waals surface area contributed by atoms with Crippen molar-refractivity contribution in [2.24, 2.45) is 0 Å². The highest BCUT2D eigenvalue weighted by atomic mass is 35.5. The number of hydrogen-bond donors (Lipinski definition) is 0. The fourth-order valence-electron chi connectivity index (χ4n) is 2.09. The second kappa shape index (κ2) is 7.03. The van der Waals surface area contributed by atoms with E-state index in [2.05, 4.69) is 4.98 Å². The van der Waals surface area contributed by atoms with Gasteiger partial charge in [0.1, 0.15) is 11.5 Å². The van der Waals surface area contributed by atoms with Gasteiger partial charge in [0.15, 0.2) is 5.78 Å². The summed E-state index contributed by atoms with van der Waals surface area (Å²) in [4.78, 5) is 15.9. The van der Waals surface area contributed by atoms with E-state index in [9.17, 15) is 9.18 Å². The Bertz CT molecular complexity index is 879. The normalized spacial score (nSPS) is 10.6. The highest BCUT2D eigenvalue weighted by molar-refractivity contribution is 6.34. The lowest BCUT2D eigenvalue weighted by Crippen LogP contribution is -2.11. The van der Waals surface area contributed by atoms with Crippen LogP contribution in [0.2, 0.25) is 10.0 Å². The van der Waals surface area contributed by atoms with E-state index in [1.165, 1.54) is 12.4 Å². The molecule has 0 atom stereocenters. The van der Waals surface area contributed by atoms with E-state index in [0.29, 0.717) is 16.5 Å². The number of hydrogen-bond acceptors (Lipinski definition) is 3. The fourth-order valence-corrected chi connectivity index (χ4v) is 2.49. The number of halogens is 3. The average molecular weight is 365 g/mol. The molecule has 1 heterocycles. The quantitative estimate of drug-likeness (QED) is 0.598. The van der Waals surface area contributed by atoms with Crippen molar-refractivity contribution in [1.29, 1.82) is 0 Å². The van der Waals surface area contributed by atoms with E-state index in [1.807, 2.05) is 0 Å². The summed E-state index contributed by atoms with van der Waals surface area (Å²) in [5.41, 5.74) is 0.285. The number of nitrogens with zero attached hydrogens (tertiary/aromatic N) is 2. The molecule has 0 unspecified atom stereocenters. The van der Waals surface area contributed by atoms with Gasteiger partial charge >= 0.3 is 0 Å². The zero-order chi connectivity index (χ0) is 17.1. The van der Waals surface area contributed by atoms with Gasteiger partial charge in [-0.2, -0.15) is 4.39 Å². The zero-order valence-corrected chi connectivity index (χ0v) is 13.8. The van der Waals surface area contributed by atoms with E-state index in [4.69, 9.17) is 27.9 Å². The van der Waals surface area contributed by atoms with Crippen molar-refractivity contribution in [2.75, 3.05) is 0 Å². The molecule has 0 amide bonds. The third kappa shape index (κ3) is 3.75. The molecule has 122 valence electrons. The SMILES string of the molecule is O=C(Cn1cncc1F)c1ccc(Oc2ccc(Cl)cc2)cc1Cl. The molecule has 4 nitrogen and oxygen atoms in total. The number of ether oxygens (including phenoxy) is 1. The summed E-state index contributed by atoms with van der Waals surface area (Å²) >= 11 is 12.0. The third-order valence-electron chi connectivity index (χ3n) is 3.27. The lowest BCUT2D eigenvalue weighted by atomic mass is 10.1. The van der Waals surface area contributed by atoms with E-state index in [0.717, 1.165) is 10.8 Å². The largest absolute Gasteiger partial charge is 0.457 e. The van der Waals surface area contributed by atoms with Crippen molar-refractivity contribution in [3.8, 4) is 11.5 Å². The highest BCUT2D eigenvalue weighted by Gasteiger charge is 2.14. The Hall–Kier alpha value is -2.37. The molecule has 0 saturated carbocycles. The van der Waals surface area contributed by atoms with Crippen LogP contribution in [0.5, 0.6) is 11.5 Å². The molecule has 1 aromatic heterocycles. The number of benzene rings is 2. The smallest absolute Gasteiger partial charge is 0.213 e. The van der Waals surface area contributed by atoms with Crippen LogP contribution in [0, 0.1) is 5.95 Å². The van der Waals surface area contributed by atoms with Crippen LogP contribution in [-0.2, 0) is 6.54 Å². The molecule has 0 aliphatic heterocycles. The standard InChI is InChI=1S/C17H11Cl2FN2O2/c18-11-1-3-12(4-2-11)24-13-5-6-14(15(19)7-13)16(23)9-22-10-21-8-17(22)20/h1-8,10H,9H2. The van der Waals surface area contributed by atoms with E-state index >= 15 is 0 Å². The zero-order valence-electron chi connectivity index (χ0n) is 12.2. The summed E-state index contributed by atoms with van der Waals surface area (Å²) in [7, 11) is 0. The lowest BCUT2D eigenvalue weighted by molar-refractivity contribution is 0.0967. The van der Waals surface area contributed by atoms with Crippen LogP contribution in [0.1, 0.15) is 10.4 Å². The van der Waals surface area contributed by atoms with Crippen molar-refractivity contribution in [3.63, 3.8) is 0 Å². The minimum Gasteiger partial charge on any atom is -0.457 e. The minimum atomic E-state index is -0.581. The monoisotopic (exact) mass is 364 g/mol. The number of carbonyl (C=O) groups is 1. The van der Waals surface area contributed by atoms with Crippen molar-refractivity contribution in [2.45, 2.75) is 6.54 Å². The second-order valence-corrected chi connectivity index (χ2v) is 5.81. The molecular weight excluding hydrogens is 354 g/mol. The van der Waals surface area contributed by atoms with Crippen LogP contribution in [0.25, 0.3) is 0 Å². The van der Waals surface area contributed by atoms with Gasteiger partial charge in [0, 0.05) is 16.7 Å². The molecule has 24 heavy (non-hydrogen) atoms. The summed E-state index contributed by atoms with van der Waals surface area (Å²) in [5.74, 6) is 0.167. The summed E-state index contributed by atoms with van der Waals surface area (Å²) in [6.07, 6.45) is 2.29. The average Bonchev–Trinajstić information content (AvgIpc) is 2.95. The van der Waals surface area contributed by atoms with Gasteiger partial charge in [0.25, 0.3) is 0 Å². The number of ketones is 1. The van der Waals surface area contributed by atoms with Gasteiger partial charge in [-0.15, -0.1) is 0 Å². The number of Topliss-reactive ketones (excluding diaryl/α,β-unsaturated/α-hetero) is 1. The van der Waals surface area contributed by atoms with Crippen LogP contribution in [-0.4, -0.2) is 15.3 Å². The number of aromatic nitrogens is 2. The predicted octanol–water partition coefficient (Wildman–Crippen LogP) is 5.00. The molecule has 0 bridgehead atoms. The molecular formula is C17H11Cl2FN2O2. The molecule has 2 aromatic carbocycles. The number of imidazole rings is 1. The first kappa shape index (κ1) is 16.5. The summed E-state index contributed by atoms with van der Waals surface area (Å²) in [6, 6.07) is 11.6. The Morgan fingerprint density at radius 3 is 2.46 bits per heavy atom. The van der Waals surface area contributed by atoms with Gasteiger partial charge in [-0.25, -0.2) is 4.98 Å². The van der Waals surface area contributed by atoms with Gasteiger partial charge in [0.05, 0.1) is 24.1 Å². The maximum atomic E-state index is 13.3. The van der Waals surface area contributed by atoms with Crippen LogP contribution in [0.4, 0.5) is 4.39 Å². The van der Waals surface area contributed by atoms with Crippen LogP contribution < -0.4 is 4.74 Å². The van der Waals surface area contributed by atoms with E-state index in [1.54, 1.807) is 36.4 Å². The Labute approximate surface area is 147 Å². The maximum absolute atomic E-state index is 13.3. The van der Waals surface area contributed by atoms with Crippen LogP contribution in [0.15, 0.2) is 55.0 Å². The molecule has 0 aliphatic rings. The summed E-state index contributed by atoms with van der Waals surface area (Å²) in [6.45, 7) is -0.178. The first-order chi connectivity index (χ1) is 11.5. The summed E-state index contributed by atoms with van der Waals surface area (Å²) in [5, 5.41) is 0.833. The van der Waals surface area contributed by atoms with Crippen molar-refractivity contribution < 1.29 is 13.9 Å². The van der Waals surface area contributed by atoms with E-state index in [-0.39, 0.29) is 22.9 Å². The topological polar surface area (TPSA) is 44.1 Å². The van der Waals surface area contributed by atoms with Gasteiger partial charge in [-0.05, 0) is 36.4 Å². The molecule has 0 saturated heterocycles. The molecule has 3 rings (SSSR count). The van der Waals surface area contributed by atoms with Gasteiger partial charge in [0.2, 0.25) is 5.95 Å². The lowest BCUT2D eigenvalue weighted by Gasteiger charge is -2.09. The fraction of sp³-hybridized carbons (Fsp3) is 0.0588. The molecule has 0 spiro atoms. The summed E-state index contributed by atoms with van der Waals surface area (Å²) < 4.78 is 20.1. The maximum Gasteiger partial charge on any atom is 0.213 e. The second-order valence-electron chi connectivity index (χ2n) is 4.97. The highest BCUT2D eigenvalue weighted by Crippen LogP contribution is 2.28. The van der Waals surface area contributed by atoms with Crippen LogP contribution in [0.3, 0.4) is 0 Å². The molecule has 7 heteroatoms. The Balaban J connectivity index is 1.75. The third-order valence-corrected chi connectivity index (χ3v) is 3.83. The van der Waals surface area contributed by atoms with Gasteiger partial charge in [-0.3, -0.25) is 9.36 Å². The Morgan fingerprint density at radius 1 is 1.12 bits per heavy atom. The molecule has 0 aliphatic carbocycles. The first-order valence-corrected chi connectivity index (χ1v) is 7.70. The van der Waals surface area contributed by atoms with Gasteiger partial charge in [-0.1, -0.05) is 23.2 Å². The number of carbonyl (C=O) groups excluding carboxylic acids is 1. The minimum absolute atomic E-state index is 0.178. The van der Waals surface area contributed by atoms with Crippen molar-refractivity contribution in [3.05, 3.63) is 76.5 Å². The molecule has 3 aromatic rings. The number of rotatable bonds is 5.